The van der Waals surface area contributed by atoms with Crippen LogP contribution in [0.2, 0.25) is 0 Å². The van der Waals surface area contributed by atoms with Gasteiger partial charge in [-0.15, -0.1) is 0 Å². The van der Waals surface area contributed by atoms with Gasteiger partial charge in [-0.25, -0.2) is 0 Å². The molecule has 1 N–H and O–H groups in total. The second kappa shape index (κ2) is 7.51. The number of rotatable bonds is 6. The largest absolute Gasteiger partial charge is 0.384 e. The first-order chi connectivity index (χ1) is 11.1. The Morgan fingerprint density at radius 1 is 1.46 bits per heavy atom. The van der Waals surface area contributed by atoms with E-state index in [1.807, 2.05) is 6.07 Å². The summed E-state index contributed by atoms with van der Waals surface area (Å²) in [4.78, 5) is 0. The highest BCUT2D eigenvalue weighted by molar-refractivity contribution is 7.86. The second-order valence-electron chi connectivity index (χ2n) is 7.61. The van der Waals surface area contributed by atoms with E-state index in [4.69, 9.17) is 4.74 Å². The Labute approximate surface area is 145 Å². The van der Waals surface area contributed by atoms with Crippen LogP contribution in [-0.2, 0) is 26.9 Å². The molecule has 0 aromatic carbocycles. The molecule has 8 heteroatoms. The van der Waals surface area contributed by atoms with Crippen molar-refractivity contribution in [2.24, 2.45) is 5.92 Å². The number of piperidine rings is 1. The normalized spacial score (nSPS) is 20.7. The molecule has 1 aromatic rings. The first kappa shape index (κ1) is 19.4. The van der Waals surface area contributed by atoms with Crippen molar-refractivity contribution < 1.29 is 13.2 Å². The van der Waals surface area contributed by atoms with Crippen molar-refractivity contribution in [2.45, 2.75) is 45.6 Å². The Kier molecular flexibility index (Phi) is 6.06. The molecule has 0 radical (unpaired) electrons. The highest BCUT2D eigenvalue weighted by Gasteiger charge is 2.32. The van der Waals surface area contributed by atoms with E-state index in [1.165, 1.54) is 4.31 Å². The molecule has 1 unspecified atom stereocenters. The molecule has 1 fully saturated rings. The topological polar surface area (TPSA) is 78.5 Å². The van der Waals surface area contributed by atoms with E-state index >= 15 is 0 Å². The van der Waals surface area contributed by atoms with Gasteiger partial charge in [0.2, 0.25) is 0 Å². The smallest absolute Gasteiger partial charge is 0.282 e. The summed E-state index contributed by atoms with van der Waals surface area (Å²) in [6.07, 6.45) is 1.89. The maximum absolute atomic E-state index is 12.8. The van der Waals surface area contributed by atoms with Crippen LogP contribution in [0.15, 0.2) is 6.07 Å². The molecule has 0 spiro atoms. The molecule has 7 nitrogen and oxygen atoms in total. The molecule has 138 valence electrons. The van der Waals surface area contributed by atoms with Gasteiger partial charge in [0.1, 0.15) is 0 Å². The van der Waals surface area contributed by atoms with Crippen molar-refractivity contribution >= 4 is 10.2 Å². The van der Waals surface area contributed by atoms with Gasteiger partial charge in [0.05, 0.1) is 24.5 Å². The average Bonchev–Trinajstić information content (AvgIpc) is 2.96. The van der Waals surface area contributed by atoms with E-state index in [0.717, 1.165) is 24.2 Å². The third kappa shape index (κ3) is 4.56. The molecule has 2 rings (SSSR count). The minimum atomic E-state index is -3.47. The van der Waals surface area contributed by atoms with Crippen LogP contribution >= 0.6 is 0 Å². The molecule has 1 atom stereocenters. The van der Waals surface area contributed by atoms with Crippen LogP contribution in [0.4, 0.5) is 0 Å². The minimum Gasteiger partial charge on any atom is -0.384 e. The Bertz CT molecular complexity index is 634. The maximum Gasteiger partial charge on any atom is 0.282 e. The van der Waals surface area contributed by atoms with Gasteiger partial charge < -0.3 is 4.74 Å². The summed E-state index contributed by atoms with van der Waals surface area (Å²) in [5.74, 6) is 0.270. The lowest BCUT2D eigenvalue weighted by molar-refractivity contribution is 0.116. The number of hydrogen-bond acceptors (Lipinski definition) is 4. The summed E-state index contributed by atoms with van der Waals surface area (Å²) in [6.45, 7) is 8.23. The lowest BCUT2D eigenvalue weighted by atomic mass is 9.92. The molecule has 1 aromatic heterocycles. The molecule has 2 heterocycles. The number of hydrogen-bond donors (Lipinski definition) is 1. The average molecular weight is 359 g/mol. The second-order valence-corrected chi connectivity index (χ2v) is 9.65. The monoisotopic (exact) mass is 358 g/mol. The lowest BCUT2D eigenvalue weighted by Crippen LogP contribution is -2.47. The van der Waals surface area contributed by atoms with E-state index in [0.29, 0.717) is 19.7 Å². The van der Waals surface area contributed by atoms with Crippen molar-refractivity contribution in [1.82, 2.24) is 18.8 Å². The van der Waals surface area contributed by atoms with Gasteiger partial charge in [-0.3, -0.25) is 5.10 Å². The van der Waals surface area contributed by atoms with Crippen LogP contribution in [0, 0.1) is 5.92 Å². The van der Waals surface area contributed by atoms with Gasteiger partial charge >= 0.3 is 0 Å². The van der Waals surface area contributed by atoms with Crippen LogP contribution in [0.1, 0.15) is 45.0 Å². The summed E-state index contributed by atoms with van der Waals surface area (Å²) in [7, 11) is -0.199. The molecule has 0 bridgehead atoms. The number of ether oxygens (including phenoxy) is 1. The standard InChI is InChI=1S/C16H30N4O3S/c1-16(2,3)15-9-14(17-18-15)11-19(4)24(21,22)20-8-6-7-13(10-20)12-23-5/h9,13H,6-8,10-12H2,1-5H3,(H,17,18). The van der Waals surface area contributed by atoms with Crippen molar-refractivity contribution in [3.05, 3.63) is 17.5 Å². The summed E-state index contributed by atoms with van der Waals surface area (Å²) in [6, 6.07) is 1.94. The lowest BCUT2D eigenvalue weighted by Gasteiger charge is -2.34. The van der Waals surface area contributed by atoms with Crippen molar-refractivity contribution in [2.75, 3.05) is 33.9 Å². The summed E-state index contributed by atoms with van der Waals surface area (Å²) in [5, 5.41) is 7.25. The Morgan fingerprint density at radius 3 is 2.75 bits per heavy atom. The summed E-state index contributed by atoms with van der Waals surface area (Å²) >= 11 is 0. The first-order valence-electron chi connectivity index (χ1n) is 8.39. The van der Waals surface area contributed by atoms with E-state index in [9.17, 15) is 8.42 Å². The molecule has 24 heavy (non-hydrogen) atoms. The first-order valence-corrected chi connectivity index (χ1v) is 9.79. The quantitative estimate of drug-likeness (QED) is 0.840. The number of methoxy groups -OCH3 is 1. The fourth-order valence-electron chi connectivity index (χ4n) is 2.95. The number of aromatic nitrogens is 2. The molecule has 1 saturated heterocycles. The van der Waals surface area contributed by atoms with Crippen molar-refractivity contribution in [1.29, 1.82) is 0 Å². The fraction of sp³-hybridized carbons (Fsp3) is 0.812. The number of nitrogens with one attached hydrogen (secondary N) is 1. The molecule has 0 amide bonds. The Hall–Kier alpha value is -0.960. The number of nitrogens with zero attached hydrogens (tertiary/aromatic N) is 3. The van der Waals surface area contributed by atoms with Gasteiger partial charge in [-0.2, -0.15) is 22.1 Å². The van der Waals surface area contributed by atoms with Gasteiger partial charge in [-0.05, 0) is 24.8 Å². The molecule has 1 aliphatic rings. The molecule has 0 saturated carbocycles. The predicted octanol–water partition coefficient (Wildman–Crippen LogP) is 1.74. The molecular formula is C16H30N4O3S. The van der Waals surface area contributed by atoms with E-state index in [2.05, 4.69) is 31.0 Å². The van der Waals surface area contributed by atoms with Crippen LogP contribution in [0.5, 0.6) is 0 Å². The third-order valence-electron chi connectivity index (χ3n) is 4.40. The zero-order chi connectivity index (χ0) is 18.0. The van der Waals surface area contributed by atoms with Gasteiger partial charge in [0, 0.05) is 32.7 Å². The number of aromatic amines is 1. The maximum atomic E-state index is 12.8. The van der Waals surface area contributed by atoms with Crippen molar-refractivity contribution in [3.63, 3.8) is 0 Å². The van der Waals surface area contributed by atoms with Gasteiger partial charge in [-0.1, -0.05) is 20.8 Å². The summed E-state index contributed by atoms with van der Waals surface area (Å²) < 4.78 is 33.8. The predicted molar refractivity (Wildman–Crippen MR) is 93.8 cm³/mol. The molecule has 0 aliphatic carbocycles. The fourth-order valence-corrected chi connectivity index (χ4v) is 4.41. The van der Waals surface area contributed by atoms with E-state index < -0.39 is 10.2 Å². The minimum absolute atomic E-state index is 0.0631. The number of H-pyrrole nitrogens is 1. The van der Waals surface area contributed by atoms with Crippen LogP contribution < -0.4 is 0 Å². The van der Waals surface area contributed by atoms with Crippen LogP contribution in [0.25, 0.3) is 0 Å². The summed E-state index contributed by atoms with van der Waals surface area (Å²) in [5.41, 5.74) is 1.67. The molecule has 1 aliphatic heterocycles. The van der Waals surface area contributed by atoms with Crippen molar-refractivity contribution in [3.8, 4) is 0 Å². The van der Waals surface area contributed by atoms with Gasteiger partial charge in [0.15, 0.2) is 0 Å². The third-order valence-corrected chi connectivity index (χ3v) is 6.30. The van der Waals surface area contributed by atoms with Crippen LogP contribution in [0.3, 0.4) is 0 Å². The zero-order valence-electron chi connectivity index (χ0n) is 15.4. The van der Waals surface area contributed by atoms with E-state index in [1.54, 1.807) is 18.5 Å². The zero-order valence-corrected chi connectivity index (χ0v) is 16.2. The Balaban J connectivity index is 2.04. The highest BCUT2D eigenvalue weighted by Crippen LogP contribution is 2.23. The van der Waals surface area contributed by atoms with Crippen LogP contribution in [-0.4, -0.2) is 61.1 Å². The van der Waals surface area contributed by atoms with E-state index in [-0.39, 0.29) is 17.9 Å². The SMILES string of the molecule is COCC1CCCN(S(=O)(=O)N(C)Cc2cc(C(C)(C)C)n[nH]2)C1. The highest BCUT2D eigenvalue weighted by atomic mass is 32.2. The molecular weight excluding hydrogens is 328 g/mol. The van der Waals surface area contributed by atoms with Gasteiger partial charge in [0.25, 0.3) is 10.2 Å². The Morgan fingerprint density at radius 2 is 2.17 bits per heavy atom.